The van der Waals surface area contributed by atoms with E-state index >= 15 is 0 Å². The molecule has 10 heteroatoms. The molecule has 0 aromatic carbocycles. The van der Waals surface area contributed by atoms with Gasteiger partial charge in [0.15, 0.2) is 6.10 Å². The predicted molar refractivity (Wildman–Crippen MR) is 226 cm³/mol. The van der Waals surface area contributed by atoms with Gasteiger partial charge in [0.1, 0.15) is 6.61 Å². The third kappa shape index (κ3) is 41.9. The lowest BCUT2D eigenvalue weighted by Gasteiger charge is -2.18. The molecule has 0 aromatic rings. The Morgan fingerprint density at radius 2 is 1.00 bits per heavy atom. The Labute approximate surface area is 333 Å². The number of ether oxygens (including phenoxy) is 2. The Morgan fingerprint density at radius 3 is 1.51 bits per heavy atom. The molecule has 2 atom stereocenters. The average Bonchev–Trinajstić information content (AvgIpc) is 3.15. The molecule has 0 fully saturated rings. The summed E-state index contributed by atoms with van der Waals surface area (Å²) in [7, 11) is -4.79. The van der Waals surface area contributed by atoms with Crippen LogP contribution in [0.3, 0.4) is 0 Å². The van der Waals surface area contributed by atoms with Gasteiger partial charge in [0.2, 0.25) is 0 Å². The Bertz CT molecular complexity index is 1220. The van der Waals surface area contributed by atoms with Crippen molar-refractivity contribution in [2.45, 2.75) is 161 Å². The maximum Gasteiger partial charge on any atom is 0.469 e. The fraction of sp³-hybridized carbons (Fsp3) is 0.600. The van der Waals surface area contributed by atoms with Crippen molar-refractivity contribution in [3.8, 4) is 0 Å². The smallest absolute Gasteiger partial charge is 0.462 e. The van der Waals surface area contributed by atoms with Gasteiger partial charge in [-0.15, -0.1) is 0 Å². The third-order valence-electron chi connectivity index (χ3n) is 8.15. The fourth-order valence-corrected chi connectivity index (χ4v) is 5.37. The molecule has 55 heavy (non-hydrogen) atoms. The second kappa shape index (κ2) is 39.2. The number of unbranched alkanes of at least 4 members (excludes halogenated alkanes) is 8. The summed E-state index contributed by atoms with van der Waals surface area (Å²) in [5.41, 5.74) is 0. The van der Waals surface area contributed by atoms with Gasteiger partial charge in [0.25, 0.3) is 0 Å². The van der Waals surface area contributed by atoms with E-state index in [1.165, 1.54) is 25.7 Å². The van der Waals surface area contributed by atoms with E-state index < -0.39 is 32.5 Å². The van der Waals surface area contributed by atoms with Crippen LogP contribution >= 0.6 is 7.82 Å². The van der Waals surface area contributed by atoms with E-state index in [0.29, 0.717) is 19.3 Å². The highest BCUT2D eigenvalue weighted by atomic mass is 31.2. The number of aliphatic hydroxyl groups is 1. The minimum atomic E-state index is -4.79. The first kappa shape index (κ1) is 51.9. The van der Waals surface area contributed by atoms with Crippen LogP contribution in [-0.2, 0) is 28.2 Å². The van der Waals surface area contributed by atoms with Crippen molar-refractivity contribution in [3.63, 3.8) is 0 Å². The zero-order chi connectivity index (χ0) is 40.5. The zero-order valence-electron chi connectivity index (χ0n) is 33.9. The highest BCUT2D eigenvalue weighted by Gasteiger charge is 2.22. The predicted octanol–water partition coefficient (Wildman–Crippen LogP) is 11.6. The molecule has 0 saturated carbocycles. The Kier molecular flexibility index (Phi) is 37.0. The molecular formula is C45H73O9P. The van der Waals surface area contributed by atoms with Gasteiger partial charge in [-0.2, -0.15) is 0 Å². The van der Waals surface area contributed by atoms with Gasteiger partial charge in [0.05, 0.1) is 12.7 Å². The van der Waals surface area contributed by atoms with Crippen LogP contribution in [0.25, 0.3) is 0 Å². The molecule has 0 rings (SSSR count). The van der Waals surface area contributed by atoms with E-state index in [-0.39, 0.29) is 25.6 Å². The molecule has 0 aliphatic rings. The number of esters is 2. The normalized spacial score (nSPS) is 14.1. The maximum atomic E-state index is 12.4. The van der Waals surface area contributed by atoms with E-state index in [1.807, 2.05) is 24.3 Å². The molecule has 0 unspecified atom stereocenters. The number of phosphoric ester groups is 1. The van der Waals surface area contributed by atoms with Crippen molar-refractivity contribution in [3.05, 3.63) is 97.2 Å². The molecule has 0 aromatic heterocycles. The van der Waals surface area contributed by atoms with Crippen LogP contribution in [0, 0.1) is 0 Å². The highest BCUT2D eigenvalue weighted by molar-refractivity contribution is 7.46. The number of aliphatic hydroxyl groups excluding tert-OH is 1. The van der Waals surface area contributed by atoms with Crippen molar-refractivity contribution in [2.75, 3.05) is 13.2 Å². The van der Waals surface area contributed by atoms with Crippen LogP contribution in [0.4, 0.5) is 0 Å². The van der Waals surface area contributed by atoms with Crippen molar-refractivity contribution in [1.29, 1.82) is 0 Å². The fourth-order valence-electron chi connectivity index (χ4n) is 5.01. The van der Waals surface area contributed by atoms with Crippen LogP contribution in [0.2, 0.25) is 0 Å². The molecule has 0 aliphatic heterocycles. The number of carbonyl (C=O) groups is 2. The molecule has 0 bridgehead atoms. The molecule has 0 aliphatic carbocycles. The second-order valence-corrected chi connectivity index (χ2v) is 14.7. The van der Waals surface area contributed by atoms with Gasteiger partial charge >= 0.3 is 19.8 Å². The maximum absolute atomic E-state index is 12.4. The summed E-state index contributed by atoms with van der Waals surface area (Å²) in [5.74, 6) is -1.02. The summed E-state index contributed by atoms with van der Waals surface area (Å²) in [6.45, 7) is 3.41. The van der Waals surface area contributed by atoms with E-state index in [1.54, 1.807) is 0 Å². The summed E-state index contributed by atoms with van der Waals surface area (Å²) < 4.78 is 26.3. The van der Waals surface area contributed by atoms with Crippen molar-refractivity contribution < 1.29 is 43.0 Å². The van der Waals surface area contributed by atoms with E-state index in [4.69, 9.17) is 19.3 Å². The SMILES string of the molecule is CCCCC/C=C\C/C=C\C/C=C\C/C=C\CCCCCC(=O)OC[C@H](COP(=O)(O)O)OC(=O)CCC/C=C\C/C=C\C/C=C\C/C=C\[C@H](O)CCCC. The topological polar surface area (TPSA) is 140 Å². The van der Waals surface area contributed by atoms with Gasteiger partial charge in [-0.05, 0) is 89.9 Å². The summed E-state index contributed by atoms with van der Waals surface area (Å²) >= 11 is 0. The van der Waals surface area contributed by atoms with Crippen LogP contribution in [0.5, 0.6) is 0 Å². The van der Waals surface area contributed by atoms with E-state index in [2.05, 4.69) is 91.3 Å². The number of hydrogen-bond acceptors (Lipinski definition) is 7. The third-order valence-corrected chi connectivity index (χ3v) is 8.63. The molecule has 0 amide bonds. The number of phosphoric acid groups is 1. The monoisotopic (exact) mass is 788 g/mol. The van der Waals surface area contributed by atoms with Gasteiger partial charge in [-0.1, -0.05) is 143 Å². The highest BCUT2D eigenvalue weighted by Crippen LogP contribution is 2.36. The molecule has 9 nitrogen and oxygen atoms in total. The van der Waals surface area contributed by atoms with Crippen LogP contribution in [0.15, 0.2) is 97.2 Å². The summed E-state index contributed by atoms with van der Waals surface area (Å²) in [6.07, 6.45) is 50.4. The zero-order valence-corrected chi connectivity index (χ0v) is 34.8. The molecule has 0 saturated heterocycles. The van der Waals surface area contributed by atoms with Crippen molar-refractivity contribution >= 4 is 19.8 Å². The lowest BCUT2D eigenvalue weighted by atomic mass is 10.1. The first-order chi connectivity index (χ1) is 26.7. The minimum absolute atomic E-state index is 0.106. The van der Waals surface area contributed by atoms with E-state index in [0.717, 1.165) is 77.0 Å². The molecule has 0 radical (unpaired) electrons. The van der Waals surface area contributed by atoms with Crippen LogP contribution in [-0.4, -0.2) is 52.3 Å². The Balaban J connectivity index is 4.15. The molecule has 3 N–H and O–H groups in total. The number of hydrogen-bond donors (Lipinski definition) is 3. The largest absolute Gasteiger partial charge is 0.469 e. The summed E-state index contributed by atoms with van der Waals surface area (Å²) in [5, 5.41) is 9.79. The number of rotatable bonds is 36. The van der Waals surface area contributed by atoms with Crippen LogP contribution < -0.4 is 0 Å². The quantitative estimate of drug-likeness (QED) is 0.0245. The van der Waals surface area contributed by atoms with Crippen molar-refractivity contribution in [2.24, 2.45) is 0 Å². The molecule has 312 valence electrons. The van der Waals surface area contributed by atoms with Gasteiger partial charge in [-0.3, -0.25) is 14.1 Å². The lowest BCUT2D eigenvalue weighted by molar-refractivity contribution is -0.161. The Morgan fingerprint density at radius 1 is 0.545 bits per heavy atom. The van der Waals surface area contributed by atoms with Gasteiger partial charge < -0.3 is 24.4 Å². The van der Waals surface area contributed by atoms with Crippen molar-refractivity contribution in [1.82, 2.24) is 0 Å². The molecule has 0 heterocycles. The first-order valence-electron chi connectivity index (χ1n) is 20.6. The van der Waals surface area contributed by atoms with Crippen LogP contribution in [0.1, 0.15) is 149 Å². The minimum Gasteiger partial charge on any atom is -0.462 e. The first-order valence-corrected chi connectivity index (χ1v) is 22.2. The number of carbonyl (C=O) groups excluding carboxylic acids is 2. The molecular weight excluding hydrogens is 715 g/mol. The lowest BCUT2D eigenvalue weighted by Crippen LogP contribution is -2.29. The molecule has 0 spiro atoms. The number of allylic oxidation sites excluding steroid dienone is 15. The van der Waals surface area contributed by atoms with E-state index in [9.17, 15) is 19.3 Å². The standard InChI is InChI=1S/C45H73O9P/c1-3-5-7-8-9-10-11-12-13-14-15-16-17-18-22-25-28-31-34-38-44(47)52-40-43(41-53-55(49,50)51)54-45(48)39-35-32-29-26-23-20-19-21-24-27-30-33-37-42(46)36-6-4-2/h9-10,12-13,15-16,18-20,22,24,26-27,29,33,37,42-43,46H,3-8,11,14,17,21,23,25,28,30-32,34-36,38-41H2,1-2H3,(H2,49,50,51)/b10-9-,13-12-,16-15-,20-19-,22-18-,27-24-,29-26-,37-33-/t42-,43-/m1/s1. The Hall–Kier alpha value is -3.07. The second-order valence-electron chi connectivity index (χ2n) is 13.4. The van der Waals surface area contributed by atoms with Gasteiger partial charge in [0, 0.05) is 12.8 Å². The summed E-state index contributed by atoms with van der Waals surface area (Å²) in [6, 6.07) is 0. The van der Waals surface area contributed by atoms with Gasteiger partial charge in [-0.25, -0.2) is 4.57 Å². The average molecular weight is 789 g/mol. The summed E-state index contributed by atoms with van der Waals surface area (Å²) in [4.78, 5) is 42.8.